The minimum absolute atomic E-state index is 0.218. The molecule has 0 aliphatic heterocycles. The smallest absolute Gasteiger partial charge is 0.265 e. The summed E-state index contributed by atoms with van der Waals surface area (Å²) in [6.45, 7) is 5.62. The minimum atomic E-state index is -0.292. The van der Waals surface area contributed by atoms with Crippen LogP contribution in [0.1, 0.15) is 31.9 Å². The van der Waals surface area contributed by atoms with Gasteiger partial charge in [0, 0.05) is 67.3 Å². The van der Waals surface area contributed by atoms with E-state index in [4.69, 9.17) is 38.2 Å². The van der Waals surface area contributed by atoms with E-state index in [0.29, 0.717) is 54.9 Å². The Balaban J connectivity index is 1.13. The van der Waals surface area contributed by atoms with Gasteiger partial charge in [0.25, 0.3) is 11.1 Å². The molecule has 10 rings (SSSR count). The van der Waals surface area contributed by atoms with E-state index in [1.54, 1.807) is 19.2 Å². The molecule has 0 spiro atoms. The zero-order valence-corrected chi connectivity index (χ0v) is 35.7. The molecule has 2 N–H and O–H groups in total. The maximum atomic E-state index is 13.2. The van der Waals surface area contributed by atoms with Crippen molar-refractivity contribution in [3.8, 4) is 67.7 Å². The van der Waals surface area contributed by atoms with Gasteiger partial charge in [-0.2, -0.15) is 0 Å². The molecular weight excluding hydrogens is 824 g/mol. The Morgan fingerprint density at radius 2 is 1.19 bits per heavy atom. The van der Waals surface area contributed by atoms with Gasteiger partial charge >= 0.3 is 0 Å². The van der Waals surface area contributed by atoms with Crippen LogP contribution < -0.4 is 11.1 Å². The van der Waals surface area contributed by atoms with E-state index in [9.17, 15) is 9.59 Å². The first-order chi connectivity index (χ1) is 30.6. The van der Waals surface area contributed by atoms with Gasteiger partial charge < -0.3 is 9.97 Å². The summed E-state index contributed by atoms with van der Waals surface area (Å²) in [5.74, 6) is 5.73. The van der Waals surface area contributed by atoms with E-state index in [1.165, 1.54) is 0 Å². The van der Waals surface area contributed by atoms with Gasteiger partial charge in [0.1, 0.15) is 11.3 Å². The minimum Gasteiger partial charge on any atom is -0.306 e. The summed E-state index contributed by atoms with van der Waals surface area (Å²) in [4.78, 5) is 51.5. The van der Waals surface area contributed by atoms with Crippen molar-refractivity contribution in [1.82, 2.24) is 29.9 Å². The molecule has 0 saturated carbocycles. The van der Waals surface area contributed by atoms with Gasteiger partial charge in [-0.3, -0.25) is 19.6 Å². The summed E-state index contributed by atoms with van der Waals surface area (Å²) in [7, 11) is 0. The normalized spacial score (nSPS) is 11.3. The maximum Gasteiger partial charge on any atom is 0.265 e. The average Bonchev–Trinajstić information content (AvgIpc) is 3.29. The third-order valence-corrected chi connectivity index (χ3v) is 11.5. The van der Waals surface area contributed by atoms with Gasteiger partial charge in [0.05, 0.1) is 38.0 Å². The fourth-order valence-electron chi connectivity index (χ4n) is 8.08. The number of fused-ring (bicyclic) bond motifs is 4. The van der Waals surface area contributed by atoms with Gasteiger partial charge in [-0.25, -0.2) is 9.97 Å². The molecule has 0 aliphatic carbocycles. The summed E-state index contributed by atoms with van der Waals surface area (Å²) in [5, 5.41) is 4.25. The van der Waals surface area contributed by atoms with Gasteiger partial charge in [-0.15, -0.1) is 5.92 Å². The molecule has 63 heavy (non-hydrogen) atoms. The maximum absolute atomic E-state index is 13.2. The first-order valence-corrected chi connectivity index (χ1v) is 20.9. The molecule has 0 saturated heterocycles. The molecule has 0 atom stereocenters. The number of benzene rings is 4. The van der Waals surface area contributed by atoms with Crippen LogP contribution >= 0.6 is 23.2 Å². The van der Waals surface area contributed by atoms with Crippen LogP contribution in [0.25, 0.3) is 106 Å². The third kappa shape index (κ3) is 7.44. The molecule has 4 aromatic carbocycles. The second-order valence-corrected chi connectivity index (χ2v) is 16.4. The number of hydrogen-bond donors (Lipinski definition) is 2. The largest absolute Gasteiger partial charge is 0.306 e. The number of hydrogen-bond acceptors (Lipinski definition) is 6. The first-order valence-electron chi connectivity index (χ1n) is 20.1. The highest BCUT2D eigenvalue weighted by molar-refractivity contribution is 6.36. The molecule has 10 heteroatoms. The van der Waals surface area contributed by atoms with E-state index in [2.05, 4.69) is 57.1 Å². The number of rotatable bonds is 6. The molecule has 0 unspecified atom stereocenters. The lowest BCUT2D eigenvalue weighted by molar-refractivity contribution is 1.22. The van der Waals surface area contributed by atoms with Crippen molar-refractivity contribution in [1.29, 1.82) is 0 Å². The fourth-order valence-corrected chi connectivity index (χ4v) is 8.63. The Bertz CT molecular complexity index is 3750. The van der Waals surface area contributed by atoms with E-state index < -0.39 is 0 Å². The topological polar surface area (TPSA) is 117 Å². The molecule has 0 bridgehead atoms. The van der Waals surface area contributed by atoms with Crippen molar-refractivity contribution in [3.05, 3.63) is 181 Å². The number of nitrogens with one attached hydrogen (secondary N) is 2. The molecule has 0 fully saturated rings. The van der Waals surface area contributed by atoms with Crippen LogP contribution in [0.4, 0.5) is 0 Å². The van der Waals surface area contributed by atoms with Crippen LogP contribution in [0.2, 0.25) is 10.0 Å². The molecule has 10 aromatic rings. The Labute approximate surface area is 371 Å². The average molecular weight is 858 g/mol. The van der Waals surface area contributed by atoms with Crippen molar-refractivity contribution < 1.29 is 0 Å². The van der Waals surface area contributed by atoms with Crippen LogP contribution in [0, 0.1) is 11.8 Å². The summed E-state index contributed by atoms with van der Waals surface area (Å²) in [6, 6.07) is 39.5. The number of aromatic amines is 2. The molecule has 6 aromatic heterocycles. The summed E-state index contributed by atoms with van der Waals surface area (Å²) in [6.07, 6.45) is 5.41. The zero-order chi connectivity index (χ0) is 43.4. The summed E-state index contributed by atoms with van der Waals surface area (Å²) in [5.41, 5.74) is 11.9. The van der Waals surface area contributed by atoms with Crippen LogP contribution in [0.3, 0.4) is 0 Å². The van der Waals surface area contributed by atoms with E-state index in [1.807, 2.05) is 111 Å². The molecule has 6 heterocycles. The highest BCUT2D eigenvalue weighted by Gasteiger charge is 2.19. The number of H-pyrrole nitrogens is 2. The van der Waals surface area contributed by atoms with Crippen LogP contribution in [-0.2, 0) is 0 Å². The quantitative estimate of drug-likeness (QED) is 0.161. The van der Waals surface area contributed by atoms with Gasteiger partial charge in [0.15, 0.2) is 0 Å². The monoisotopic (exact) mass is 856 g/mol. The molecule has 0 radical (unpaired) electrons. The second-order valence-electron chi connectivity index (χ2n) is 15.5. The number of allylic oxidation sites excluding steroid dienone is 1. The molecule has 0 aliphatic rings. The summed E-state index contributed by atoms with van der Waals surface area (Å²) >= 11 is 13.9. The fraction of sp³-hybridized carbons (Fsp3) is 0.0566. The molecule has 0 amide bonds. The van der Waals surface area contributed by atoms with Crippen molar-refractivity contribution >= 4 is 73.2 Å². The van der Waals surface area contributed by atoms with Crippen LogP contribution in [-0.4, -0.2) is 29.9 Å². The SMILES string of the molecule is CC#Cc1cc2cc(-c3cc(Cl)c4ncc(-c5cccc(-c6nc7[nH]c(=O)c(C=C(C)C)cc7cc6-c6cc(Cl)c7ncccc7c6)c5)cc4c3)c(-c3ccccc3)nc2[nH]c1=O. The van der Waals surface area contributed by atoms with Crippen LogP contribution in [0.15, 0.2) is 149 Å². The Kier molecular flexibility index (Phi) is 9.99. The summed E-state index contributed by atoms with van der Waals surface area (Å²) < 4.78 is 0. The Hall–Kier alpha value is -7.70. The van der Waals surface area contributed by atoms with Gasteiger partial charge in [-0.05, 0) is 104 Å². The number of halogens is 2. The molecular formula is C53H34Cl2N6O2. The molecule has 302 valence electrons. The highest BCUT2D eigenvalue weighted by Crippen LogP contribution is 2.40. The van der Waals surface area contributed by atoms with Crippen LogP contribution in [0.5, 0.6) is 0 Å². The van der Waals surface area contributed by atoms with E-state index >= 15 is 0 Å². The lowest BCUT2D eigenvalue weighted by Crippen LogP contribution is -2.10. The number of nitrogens with zero attached hydrogens (tertiary/aromatic N) is 4. The van der Waals surface area contributed by atoms with Crippen molar-refractivity contribution in [2.75, 3.05) is 0 Å². The predicted octanol–water partition coefficient (Wildman–Crippen LogP) is 12.7. The lowest BCUT2D eigenvalue weighted by atomic mass is 9.94. The van der Waals surface area contributed by atoms with Crippen molar-refractivity contribution in [2.45, 2.75) is 20.8 Å². The Morgan fingerprint density at radius 1 is 0.571 bits per heavy atom. The van der Waals surface area contributed by atoms with Crippen molar-refractivity contribution in [3.63, 3.8) is 0 Å². The number of aromatic nitrogens is 6. The number of pyridine rings is 6. The third-order valence-electron chi connectivity index (χ3n) is 10.9. The standard InChI is InChI=1S/C53H34Cl2N6O2/c1-4-10-34-20-38-24-42(46(30-11-6-5-7-12-30)58-50(38)60-52(34)62)36-21-37-22-41(28-57-49(37)45(55)27-36)31-13-8-14-32(18-31)47-43(35-19-33-15-9-16-56-48(33)44(54)26-35)25-39-23-40(17-29(2)3)53(63)61-51(39)59-47/h5-9,11-28H,1-3H3,(H,58,60,62)(H,59,61,63). The lowest BCUT2D eigenvalue weighted by Gasteiger charge is -2.15. The zero-order valence-electron chi connectivity index (χ0n) is 34.1. The Morgan fingerprint density at radius 3 is 1.90 bits per heavy atom. The highest BCUT2D eigenvalue weighted by atomic mass is 35.5. The second kappa shape index (κ2) is 16.0. The van der Waals surface area contributed by atoms with Crippen molar-refractivity contribution in [2.24, 2.45) is 0 Å². The van der Waals surface area contributed by atoms with Gasteiger partial charge in [0.2, 0.25) is 0 Å². The predicted molar refractivity (Wildman–Crippen MR) is 258 cm³/mol. The first kappa shape index (κ1) is 39.4. The molecule has 8 nitrogen and oxygen atoms in total. The van der Waals surface area contributed by atoms with E-state index in [0.717, 1.165) is 71.6 Å². The van der Waals surface area contributed by atoms with Gasteiger partial charge in [-0.1, -0.05) is 95.4 Å². The van der Waals surface area contributed by atoms with E-state index in [-0.39, 0.29) is 11.1 Å².